The molecule has 3 rings (SSSR count). The maximum atomic E-state index is 11.0. The number of nitrogens with one attached hydrogen (secondary N) is 1. The van der Waals surface area contributed by atoms with Gasteiger partial charge in [-0.2, -0.15) is 14.6 Å². The highest BCUT2D eigenvalue weighted by molar-refractivity contribution is 5.70. The van der Waals surface area contributed by atoms with Crippen molar-refractivity contribution in [1.29, 1.82) is 0 Å². The van der Waals surface area contributed by atoms with Crippen molar-refractivity contribution in [2.75, 3.05) is 5.32 Å². The van der Waals surface area contributed by atoms with Crippen molar-refractivity contribution >= 4 is 17.6 Å². The number of hydrogen-bond donors (Lipinski definition) is 2. The molecule has 7 heteroatoms. The molecule has 1 aliphatic rings. The molecular formula is C14H19N5O2. The minimum atomic E-state index is -0.678. The van der Waals surface area contributed by atoms with E-state index in [9.17, 15) is 4.79 Å². The Balaban J connectivity index is 1.81. The van der Waals surface area contributed by atoms with Gasteiger partial charge in [0.1, 0.15) is 12.1 Å². The maximum Gasteiger partial charge on any atom is 0.306 e. The highest BCUT2D eigenvalue weighted by Gasteiger charge is 2.26. The van der Waals surface area contributed by atoms with E-state index >= 15 is 0 Å². The molecule has 2 aromatic rings. The third kappa shape index (κ3) is 2.55. The van der Waals surface area contributed by atoms with Crippen molar-refractivity contribution in [1.82, 2.24) is 19.6 Å². The smallest absolute Gasteiger partial charge is 0.306 e. The van der Waals surface area contributed by atoms with Crippen LogP contribution in [0.1, 0.15) is 36.9 Å². The number of carboxylic acids is 1. The summed E-state index contributed by atoms with van der Waals surface area (Å²) in [4.78, 5) is 19.5. The van der Waals surface area contributed by atoms with Gasteiger partial charge in [-0.15, -0.1) is 0 Å². The van der Waals surface area contributed by atoms with E-state index in [2.05, 4.69) is 20.4 Å². The Kier molecular flexibility index (Phi) is 3.48. The Bertz CT molecular complexity index is 673. The third-order valence-electron chi connectivity index (χ3n) is 4.32. The number of fused-ring (bicyclic) bond motifs is 1. The molecule has 1 aliphatic carbocycles. The van der Waals surface area contributed by atoms with Gasteiger partial charge < -0.3 is 10.4 Å². The van der Waals surface area contributed by atoms with Gasteiger partial charge in [-0.3, -0.25) is 4.79 Å². The van der Waals surface area contributed by atoms with Crippen molar-refractivity contribution in [3.05, 3.63) is 17.6 Å². The Hall–Kier alpha value is -2.18. The molecule has 0 spiro atoms. The van der Waals surface area contributed by atoms with Crippen LogP contribution in [0.5, 0.6) is 0 Å². The van der Waals surface area contributed by atoms with Crippen molar-refractivity contribution in [2.24, 2.45) is 5.92 Å². The second kappa shape index (κ2) is 5.31. The summed E-state index contributed by atoms with van der Waals surface area (Å²) >= 11 is 0. The number of carbonyl (C=O) groups is 1. The van der Waals surface area contributed by atoms with E-state index in [0.29, 0.717) is 5.78 Å². The summed E-state index contributed by atoms with van der Waals surface area (Å²) < 4.78 is 1.71. The van der Waals surface area contributed by atoms with E-state index < -0.39 is 5.97 Å². The van der Waals surface area contributed by atoms with Crippen LogP contribution in [0, 0.1) is 19.8 Å². The quantitative estimate of drug-likeness (QED) is 0.895. The molecule has 0 amide bonds. The zero-order valence-electron chi connectivity index (χ0n) is 12.2. The van der Waals surface area contributed by atoms with Crippen molar-refractivity contribution in [3.8, 4) is 0 Å². The monoisotopic (exact) mass is 289 g/mol. The van der Waals surface area contributed by atoms with E-state index in [-0.39, 0.29) is 12.0 Å². The van der Waals surface area contributed by atoms with Crippen molar-refractivity contribution < 1.29 is 9.90 Å². The van der Waals surface area contributed by atoms with Crippen LogP contribution in [-0.4, -0.2) is 36.7 Å². The lowest BCUT2D eigenvalue weighted by Crippen LogP contribution is -2.30. The minimum Gasteiger partial charge on any atom is -0.481 e. The molecule has 2 aromatic heterocycles. The fourth-order valence-electron chi connectivity index (χ4n) is 2.88. The van der Waals surface area contributed by atoms with Gasteiger partial charge in [0.2, 0.25) is 0 Å². The van der Waals surface area contributed by atoms with Crippen LogP contribution in [0.3, 0.4) is 0 Å². The maximum absolute atomic E-state index is 11.0. The van der Waals surface area contributed by atoms with Crippen LogP contribution in [0.2, 0.25) is 0 Å². The number of rotatable bonds is 3. The summed E-state index contributed by atoms with van der Waals surface area (Å²) in [6, 6.07) is 0.272. The first-order valence-corrected chi connectivity index (χ1v) is 7.22. The van der Waals surface area contributed by atoms with Crippen LogP contribution in [0.15, 0.2) is 6.33 Å². The number of aliphatic carboxylic acids is 1. The summed E-state index contributed by atoms with van der Waals surface area (Å²) in [5.41, 5.74) is 1.98. The van der Waals surface area contributed by atoms with Gasteiger partial charge in [0.05, 0.1) is 5.92 Å². The number of aryl methyl sites for hydroxylation is 1. The highest BCUT2D eigenvalue weighted by atomic mass is 16.4. The second-order valence-corrected chi connectivity index (χ2v) is 5.67. The Morgan fingerprint density at radius 1 is 1.33 bits per heavy atom. The first kappa shape index (κ1) is 13.8. The summed E-state index contributed by atoms with van der Waals surface area (Å²) in [5.74, 6) is 0.617. The van der Waals surface area contributed by atoms with Crippen LogP contribution >= 0.6 is 0 Å². The summed E-state index contributed by atoms with van der Waals surface area (Å²) in [5, 5.41) is 16.8. The first-order valence-electron chi connectivity index (χ1n) is 7.22. The lowest BCUT2D eigenvalue weighted by molar-refractivity contribution is -0.142. The average molecular weight is 289 g/mol. The molecular weight excluding hydrogens is 270 g/mol. The molecule has 112 valence electrons. The SMILES string of the molecule is Cc1nc2ncnn2c(NC2CCC(C(=O)O)CC2)c1C. The summed E-state index contributed by atoms with van der Waals surface area (Å²) in [6.45, 7) is 3.96. The normalized spacial score (nSPS) is 22.4. The average Bonchev–Trinajstić information content (AvgIpc) is 2.92. The van der Waals surface area contributed by atoms with Gasteiger partial charge in [0.25, 0.3) is 5.78 Å². The van der Waals surface area contributed by atoms with Gasteiger partial charge in [0, 0.05) is 17.3 Å². The first-order chi connectivity index (χ1) is 10.1. The van der Waals surface area contributed by atoms with Crippen LogP contribution in [-0.2, 0) is 4.79 Å². The lowest BCUT2D eigenvalue weighted by Gasteiger charge is -2.28. The summed E-state index contributed by atoms with van der Waals surface area (Å²) in [6.07, 6.45) is 4.64. The van der Waals surface area contributed by atoms with E-state index in [1.165, 1.54) is 6.33 Å². The van der Waals surface area contributed by atoms with E-state index in [1.807, 2.05) is 13.8 Å². The zero-order chi connectivity index (χ0) is 15.0. The van der Waals surface area contributed by atoms with E-state index in [1.54, 1.807) is 4.52 Å². The Morgan fingerprint density at radius 2 is 2.05 bits per heavy atom. The zero-order valence-corrected chi connectivity index (χ0v) is 12.2. The largest absolute Gasteiger partial charge is 0.481 e. The standard InChI is InChI=1S/C14H19N5O2/c1-8-9(2)17-14-15-7-16-19(14)12(8)18-11-5-3-10(4-6-11)13(20)21/h7,10-11,18H,3-6H2,1-2H3,(H,20,21). The van der Waals surface area contributed by atoms with Gasteiger partial charge in [0.15, 0.2) is 0 Å². The number of nitrogens with zero attached hydrogens (tertiary/aromatic N) is 4. The number of anilines is 1. The molecule has 0 radical (unpaired) electrons. The van der Waals surface area contributed by atoms with E-state index in [4.69, 9.17) is 5.11 Å². The number of hydrogen-bond acceptors (Lipinski definition) is 5. The molecule has 2 heterocycles. The number of aromatic nitrogens is 4. The molecule has 2 N–H and O–H groups in total. The van der Waals surface area contributed by atoms with Crippen LogP contribution < -0.4 is 5.32 Å². The molecule has 0 atom stereocenters. The van der Waals surface area contributed by atoms with Crippen LogP contribution in [0.4, 0.5) is 5.82 Å². The van der Waals surface area contributed by atoms with Crippen LogP contribution in [0.25, 0.3) is 5.78 Å². The van der Waals surface area contributed by atoms with Gasteiger partial charge in [-0.1, -0.05) is 0 Å². The molecule has 1 fully saturated rings. The summed E-state index contributed by atoms with van der Waals surface area (Å²) in [7, 11) is 0. The lowest BCUT2D eigenvalue weighted by atomic mass is 9.86. The van der Waals surface area contributed by atoms with E-state index in [0.717, 1.165) is 42.8 Å². The Morgan fingerprint density at radius 3 is 2.71 bits per heavy atom. The molecule has 0 aliphatic heterocycles. The van der Waals surface area contributed by atoms with Gasteiger partial charge in [-0.05, 0) is 39.5 Å². The molecule has 0 unspecified atom stereocenters. The molecule has 0 aromatic carbocycles. The molecule has 0 bridgehead atoms. The van der Waals surface area contributed by atoms with Crippen molar-refractivity contribution in [2.45, 2.75) is 45.6 Å². The highest BCUT2D eigenvalue weighted by Crippen LogP contribution is 2.28. The predicted octanol–water partition coefficient (Wildman–Crippen LogP) is 1.80. The third-order valence-corrected chi connectivity index (χ3v) is 4.32. The minimum absolute atomic E-state index is 0.199. The number of carboxylic acid groups (broad SMARTS) is 1. The molecule has 21 heavy (non-hydrogen) atoms. The molecule has 7 nitrogen and oxygen atoms in total. The Labute approximate surface area is 122 Å². The molecule has 1 saturated carbocycles. The fourth-order valence-corrected chi connectivity index (χ4v) is 2.88. The fraction of sp³-hybridized carbons (Fsp3) is 0.571. The topological polar surface area (TPSA) is 92.4 Å². The van der Waals surface area contributed by atoms with Crippen molar-refractivity contribution in [3.63, 3.8) is 0 Å². The van der Waals surface area contributed by atoms with Gasteiger partial charge >= 0.3 is 5.97 Å². The second-order valence-electron chi connectivity index (χ2n) is 5.67. The predicted molar refractivity (Wildman–Crippen MR) is 77.3 cm³/mol. The van der Waals surface area contributed by atoms with Gasteiger partial charge in [-0.25, -0.2) is 4.98 Å². The molecule has 0 saturated heterocycles.